The third-order valence-electron chi connectivity index (χ3n) is 3.24. The molecule has 0 amide bonds. The number of ether oxygens (including phenoxy) is 2. The first-order valence-corrected chi connectivity index (χ1v) is 7.87. The molecule has 0 unspecified atom stereocenters. The van der Waals surface area contributed by atoms with Gasteiger partial charge in [-0.3, -0.25) is 0 Å². The van der Waals surface area contributed by atoms with Crippen molar-refractivity contribution in [3.8, 4) is 11.5 Å². The first-order valence-electron chi connectivity index (χ1n) is 7.49. The Hall–Kier alpha value is -2.53. The van der Waals surface area contributed by atoms with Crippen LogP contribution in [0.15, 0.2) is 42.5 Å². The van der Waals surface area contributed by atoms with Crippen molar-refractivity contribution < 1.29 is 24.2 Å². The zero-order chi connectivity index (χ0) is 17.5. The summed E-state index contributed by atoms with van der Waals surface area (Å²) in [4.78, 5) is 23.7. The third kappa shape index (κ3) is 4.49. The Morgan fingerprint density at radius 2 is 1.83 bits per heavy atom. The van der Waals surface area contributed by atoms with Gasteiger partial charge in [0.05, 0.1) is 6.61 Å². The van der Waals surface area contributed by atoms with Crippen LogP contribution in [-0.2, 0) is 0 Å². The van der Waals surface area contributed by atoms with E-state index in [1.54, 1.807) is 24.3 Å². The maximum absolute atomic E-state index is 12.4. The Balaban J connectivity index is 2.23. The van der Waals surface area contributed by atoms with Gasteiger partial charge in [-0.1, -0.05) is 37.1 Å². The molecule has 0 aliphatic heterocycles. The molecule has 1 N–H and O–H groups in total. The zero-order valence-corrected chi connectivity index (χ0v) is 13.9. The number of carbonyl (C=O) groups is 2. The summed E-state index contributed by atoms with van der Waals surface area (Å²) in [5, 5.41) is 9.44. The predicted molar refractivity (Wildman–Crippen MR) is 90.2 cm³/mol. The molecule has 0 bridgehead atoms. The van der Waals surface area contributed by atoms with Crippen molar-refractivity contribution in [2.45, 2.75) is 19.8 Å². The van der Waals surface area contributed by atoms with Crippen molar-refractivity contribution in [1.82, 2.24) is 0 Å². The van der Waals surface area contributed by atoms with Gasteiger partial charge in [-0.05, 0) is 36.8 Å². The Kier molecular flexibility index (Phi) is 6.21. The second-order valence-electron chi connectivity index (χ2n) is 5.03. The number of benzene rings is 2. The van der Waals surface area contributed by atoms with Crippen LogP contribution >= 0.6 is 11.6 Å². The van der Waals surface area contributed by atoms with E-state index >= 15 is 0 Å². The molecule has 2 rings (SSSR count). The van der Waals surface area contributed by atoms with Crippen molar-refractivity contribution in [3.63, 3.8) is 0 Å². The highest BCUT2D eigenvalue weighted by Crippen LogP contribution is 2.26. The molecule has 0 radical (unpaired) electrons. The van der Waals surface area contributed by atoms with E-state index in [-0.39, 0.29) is 21.9 Å². The quantitative estimate of drug-likeness (QED) is 0.455. The number of unbranched alkanes of at least 4 members (excludes halogenated alkanes) is 1. The van der Waals surface area contributed by atoms with Gasteiger partial charge in [-0.15, -0.1) is 0 Å². The SMILES string of the molecule is CCCCOc1ccccc1C(=O)Oc1ccc(Cl)cc1C(=O)O. The molecule has 0 aliphatic carbocycles. The van der Waals surface area contributed by atoms with Crippen LogP contribution in [0.1, 0.15) is 40.5 Å². The van der Waals surface area contributed by atoms with Crippen LogP contribution in [0, 0.1) is 0 Å². The van der Waals surface area contributed by atoms with Crippen molar-refractivity contribution in [2.75, 3.05) is 6.61 Å². The lowest BCUT2D eigenvalue weighted by Crippen LogP contribution is -2.13. The van der Waals surface area contributed by atoms with Crippen LogP contribution < -0.4 is 9.47 Å². The van der Waals surface area contributed by atoms with Gasteiger partial charge < -0.3 is 14.6 Å². The predicted octanol–water partition coefficient (Wildman–Crippen LogP) is 4.44. The molecular formula is C18H17ClO5. The molecule has 0 fully saturated rings. The third-order valence-corrected chi connectivity index (χ3v) is 3.47. The van der Waals surface area contributed by atoms with E-state index in [1.807, 2.05) is 6.92 Å². The van der Waals surface area contributed by atoms with Gasteiger partial charge in [0.1, 0.15) is 22.6 Å². The second-order valence-corrected chi connectivity index (χ2v) is 5.47. The lowest BCUT2D eigenvalue weighted by Gasteiger charge is -2.12. The molecule has 126 valence electrons. The monoisotopic (exact) mass is 348 g/mol. The zero-order valence-electron chi connectivity index (χ0n) is 13.1. The number of halogens is 1. The Morgan fingerprint density at radius 1 is 1.08 bits per heavy atom. The summed E-state index contributed by atoms with van der Waals surface area (Å²) in [6.45, 7) is 2.53. The average Bonchev–Trinajstić information content (AvgIpc) is 2.57. The fourth-order valence-electron chi connectivity index (χ4n) is 2.00. The normalized spacial score (nSPS) is 10.2. The maximum Gasteiger partial charge on any atom is 0.347 e. The summed E-state index contributed by atoms with van der Waals surface area (Å²) < 4.78 is 10.8. The van der Waals surface area contributed by atoms with Crippen molar-refractivity contribution in [3.05, 3.63) is 58.6 Å². The minimum atomic E-state index is -1.23. The number of hydrogen-bond acceptors (Lipinski definition) is 4. The van der Waals surface area contributed by atoms with Gasteiger partial charge >= 0.3 is 11.9 Å². The molecule has 24 heavy (non-hydrogen) atoms. The fourth-order valence-corrected chi connectivity index (χ4v) is 2.17. The number of aromatic carboxylic acids is 1. The van der Waals surface area contributed by atoms with Crippen LogP contribution in [0.4, 0.5) is 0 Å². The molecular weight excluding hydrogens is 332 g/mol. The van der Waals surface area contributed by atoms with Crippen LogP contribution in [0.5, 0.6) is 11.5 Å². The smallest absolute Gasteiger partial charge is 0.347 e. The highest BCUT2D eigenvalue weighted by molar-refractivity contribution is 6.31. The Labute approximate surface area is 144 Å². The van der Waals surface area contributed by atoms with Gasteiger partial charge in [0.2, 0.25) is 0 Å². The summed E-state index contributed by atoms with van der Waals surface area (Å²) >= 11 is 5.79. The molecule has 0 aliphatic rings. The highest BCUT2D eigenvalue weighted by atomic mass is 35.5. The topological polar surface area (TPSA) is 72.8 Å². The first kappa shape index (κ1) is 17.8. The number of esters is 1. The molecule has 0 aromatic heterocycles. The van der Waals surface area contributed by atoms with E-state index in [4.69, 9.17) is 21.1 Å². The van der Waals surface area contributed by atoms with Gasteiger partial charge in [0.15, 0.2) is 0 Å². The summed E-state index contributed by atoms with van der Waals surface area (Å²) in [6.07, 6.45) is 1.84. The molecule has 5 nitrogen and oxygen atoms in total. The highest BCUT2D eigenvalue weighted by Gasteiger charge is 2.19. The number of para-hydroxylation sites is 1. The molecule has 0 atom stereocenters. The summed E-state index contributed by atoms with van der Waals surface area (Å²) in [5.41, 5.74) is 0.0557. The minimum Gasteiger partial charge on any atom is -0.493 e. The van der Waals surface area contributed by atoms with Gasteiger partial charge in [-0.2, -0.15) is 0 Å². The van der Waals surface area contributed by atoms with E-state index in [1.165, 1.54) is 18.2 Å². The maximum atomic E-state index is 12.4. The number of carboxylic acid groups (broad SMARTS) is 1. The number of rotatable bonds is 7. The lowest BCUT2D eigenvalue weighted by atomic mass is 10.2. The molecule has 6 heteroatoms. The number of carbonyl (C=O) groups excluding carboxylic acids is 1. The van der Waals surface area contributed by atoms with Gasteiger partial charge in [-0.25, -0.2) is 9.59 Å². The summed E-state index contributed by atoms with van der Waals surface area (Å²) in [5.74, 6) is -1.58. The van der Waals surface area contributed by atoms with Crippen molar-refractivity contribution >= 4 is 23.5 Å². The Morgan fingerprint density at radius 3 is 2.54 bits per heavy atom. The number of carboxylic acids is 1. The van der Waals surface area contributed by atoms with Crippen LogP contribution in [-0.4, -0.2) is 23.7 Å². The molecule has 0 spiro atoms. The molecule has 0 heterocycles. The van der Waals surface area contributed by atoms with E-state index < -0.39 is 11.9 Å². The fraction of sp³-hybridized carbons (Fsp3) is 0.222. The summed E-state index contributed by atoms with van der Waals surface area (Å²) in [6, 6.07) is 10.7. The van der Waals surface area contributed by atoms with Crippen molar-refractivity contribution in [2.24, 2.45) is 0 Å². The largest absolute Gasteiger partial charge is 0.493 e. The molecule has 2 aromatic rings. The molecule has 0 saturated heterocycles. The van der Waals surface area contributed by atoms with Gasteiger partial charge in [0.25, 0.3) is 0 Å². The van der Waals surface area contributed by atoms with Crippen molar-refractivity contribution in [1.29, 1.82) is 0 Å². The van der Waals surface area contributed by atoms with E-state index in [9.17, 15) is 14.7 Å². The minimum absolute atomic E-state index is 0.0692. The van der Waals surface area contributed by atoms with Crippen LogP contribution in [0.2, 0.25) is 5.02 Å². The van der Waals surface area contributed by atoms with E-state index in [2.05, 4.69) is 0 Å². The lowest BCUT2D eigenvalue weighted by molar-refractivity contribution is 0.0680. The van der Waals surface area contributed by atoms with Crippen LogP contribution in [0.3, 0.4) is 0 Å². The number of hydrogen-bond donors (Lipinski definition) is 1. The van der Waals surface area contributed by atoms with E-state index in [0.717, 1.165) is 12.8 Å². The van der Waals surface area contributed by atoms with Gasteiger partial charge in [0, 0.05) is 5.02 Å². The first-order chi connectivity index (χ1) is 11.5. The van der Waals surface area contributed by atoms with E-state index in [0.29, 0.717) is 12.4 Å². The Bertz CT molecular complexity index is 742. The van der Waals surface area contributed by atoms with Crippen LogP contribution in [0.25, 0.3) is 0 Å². The second kappa shape index (κ2) is 8.36. The molecule has 0 saturated carbocycles. The average molecular weight is 349 g/mol. The molecule has 2 aromatic carbocycles. The standard InChI is InChI=1S/C18H17ClO5/c1-2-3-10-23-15-7-5-4-6-13(15)18(22)24-16-9-8-12(19)11-14(16)17(20)21/h4-9,11H,2-3,10H2,1H3,(H,20,21). The summed E-state index contributed by atoms with van der Waals surface area (Å²) in [7, 11) is 0.